The Morgan fingerprint density at radius 2 is 2.00 bits per heavy atom. The highest BCUT2D eigenvalue weighted by Crippen LogP contribution is 2.21. The van der Waals surface area contributed by atoms with Gasteiger partial charge in [-0.2, -0.15) is 0 Å². The fourth-order valence-corrected chi connectivity index (χ4v) is 2.50. The van der Waals surface area contributed by atoms with Gasteiger partial charge in [0, 0.05) is 5.39 Å². The lowest BCUT2D eigenvalue weighted by Gasteiger charge is -2.27. The second kappa shape index (κ2) is 7.75. The first-order valence-electron chi connectivity index (χ1n) is 7.46. The number of rotatable bonds is 8. The number of carboxylic acids is 1. The summed E-state index contributed by atoms with van der Waals surface area (Å²) in [4.78, 5) is 24.9. The first-order valence-corrected chi connectivity index (χ1v) is 7.46. The monoisotopic (exact) mass is 319 g/mol. The molecule has 0 aliphatic rings. The molecule has 0 aliphatic carbocycles. The van der Waals surface area contributed by atoms with Crippen LogP contribution in [0.15, 0.2) is 34.7 Å². The van der Waals surface area contributed by atoms with E-state index in [1.54, 1.807) is 6.07 Å². The second-order valence-corrected chi connectivity index (χ2v) is 5.26. The number of aliphatic carboxylic acids is 1. The van der Waals surface area contributed by atoms with E-state index < -0.39 is 17.9 Å². The molecule has 0 radical (unpaired) electrons. The van der Waals surface area contributed by atoms with Gasteiger partial charge in [-0.05, 0) is 31.5 Å². The molecule has 0 saturated heterocycles. The van der Waals surface area contributed by atoms with Crippen LogP contribution in [0.3, 0.4) is 0 Å². The van der Waals surface area contributed by atoms with Gasteiger partial charge in [0.05, 0.1) is 13.1 Å². The molecular weight excluding hydrogens is 298 g/mol. The summed E-state index contributed by atoms with van der Waals surface area (Å²) < 4.78 is 5.68. The number of carboxylic acid groups (broad SMARTS) is 1. The van der Waals surface area contributed by atoms with Crippen LogP contribution in [0, 0.1) is 0 Å². The molecular formula is C16H21N3O4. The third-order valence-electron chi connectivity index (χ3n) is 3.64. The molecule has 1 aromatic carbocycles. The van der Waals surface area contributed by atoms with E-state index in [1.807, 2.05) is 24.3 Å². The molecule has 0 unspecified atom stereocenters. The SMILES string of the molecule is NCCC[C@@H](C(=O)O)N(Cc1cc2ccccc2o1)C(=O)CN. The average molecular weight is 319 g/mol. The second-order valence-electron chi connectivity index (χ2n) is 5.26. The number of amides is 1. The maximum absolute atomic E-state index is 12.1. The Morgan fingerprint density at radius 1 is 1.26 bits per heavy atom. The van der Waals surface area contributed by atoms with Gasteiger partial charge in [0.1, 0.15) is 17.4 Å². The minimum atomic E-state index is -1.07. The summed E-state index contributed by atoms with van der Waals surface area (Å²) >= 11 is 0. The number of hydrogen-bond donors (Lipinski definition) is 3. The molecule has 2 rings (SSSR count). The number of carbonyl (C=O) groups is 2. The van der Waals surface area contributed by atoms with Crippen molar-refractivity contribution in [2.75, 3.05) is 13.1 Å². The summed E-state index contributed by atoms with van der Waals surface area (Å²) in [6.07, 6.45) is 0.781. The average Bonchev–Trinajstić information content (AvgIpc) is 2.95. The van der Waals surface area contributed by atoms with Crippen molar-refractivity contribution >= 4 is 22.8 Å². The number of nitrogens with two attached hydrogens (primary N) is 2. The van der Waals surface area contributed by atoms with Crippen LogP contribution in [0.1, 0.15) is 18.6 Å². The van der Waals surface area contributed by atoms with Crippen LogP contribution in [0.25, 0.3) is 11.0 Å². The normalized spacial score (nSPS) is 12.3. The zero-order chi connectivity index (χ0) is 16.8. The number of fused-ring (bicyclic) bond motifs is 1. The van der Waals surface area contributed by atoms with Gasteiger partial charge >= 0.3 is 5.97 Å². The molecule has 5 N–H and O–H groups in total. The number of furan rings is 1. The molecule has 7 nitrogen and oxygen atoms in total. The van der Waals surface area contributed by atoms with Gasteiger partial charge in [-0.1, -0.05) is 18.2 Å². The van der Waals surface area contributed by atoms with Crippen molar-refractivity contribution in [1.29, 1.82) is 0 Å². The van der Waals surface area contributed by atoms with Gasteiger partial charge in [0.2, 0.25) is 5.91 Å². The highest BCUT2D eigenvalue weighted by Gasteiger charge is 2.29. The van der Waals surface area contributed by atoms with E-state index in [0.717, 1.165) is 5.39 Å². The molecule has 0 spiro atoms. The highest BCUT2D eigenvalue weighted by molar-refractivity contribution is 5.85. The van der Waals surface area contributed by atoms with E-state index in [0.29, 0.717) is 24.3 Å². The number of nitrogens with zero attached hydrogens (tertiary/aromatic N) is 1. The predicted molar refractivity (Wildman–Crippen MR) is 85.5 cm³/mol. The Labute approximate surface area is 133 Å². The third-order valence-corrected chi connectivity index (χ3v) is 3.64. The fraction of sp³-hybridized carbons (Fsp3) is 0.375. The quantitative estimate of drug-likeness (QED) is 0.664. The molecule has 2 aromatic rings. The maximum atomic E-state index is 12.1. The zero-order valence-corrected chi connectivity index (χ0v) is 12.8. The lowest BCUT2D eigenvalue weighted by Crippen LogP contribution is -2.47. The molecule has 1 amide bonds. The summed E-state index contributed by atoms with van der Waals surface area (Å²) in [6, 6.07) is 8.26. The van der Waals surface area contributed by atoms with Crippen LogP contribution in [-0.2, 0) is 16.1 Å². The molecule has 1 aromatic heterocycles. The van der Waals surface area contributed by atoms with E-state index in [-0.39, 0.29) is 19.5 Å². The largest absolute Gasteiger partial charge is 0.480 e. The summed E-state index contributed by atoms with van der Waals surface area (Å²) in [7, 11) is 0. The molecule has 0 fully saturated rings. The van der Waals surface area contributed by atoms with Crippen molar-refractivity contribution in [3.8, 4) is 0 Å². The molecule has 23 heavy (non-hydrogen) atoms. The summed E-state index contributed by atoms with van der Waals surface area (Å²) in [5, 5.41) is 10.3. The first-order chi connectivity index (χ1) is 11.1. The van der Waals surface area contributed by atoms with Gasteiger partial charge in [-0.3, -0.25) is 4.79 Å². The Balaban J connectivity index is 2.26. The van der Waals surface area contributed by atoms with Crippen LogP contribution in [0.5, 0.6) is 0 Å². The van der Waals surface area contributed by atoms with E-state index in [4.69, 9.17) is 15.9 Å². The van der Waals surface area contributed by atoms with Crippen molar-refractivity contribution in [3.05, 3.63) is 36.1 Å². The highest BCUT2D eigenvalue weighted by atomic mass is 16.4. The van der Waals surface area contributed by atoms with Crippen LogP contribution < -0.4 is 11.5 Å². The molecule has 7 heteroatoms. The molecule has 0 aliphatic heterocycles. The lowest BCUT2D eigenvalue weighted by atomic mass is 10.1. The van der Waals surface area contributed by atoms with Gasteiger partial charge in [-0.25, -0.2) is 4.79 Å². The standard InChI is InChI=1S/C16H21N3O4/c17-7-3-5-13(16(21)22)19(15(20)9-18)10-12-8-11-4-1-2-6-14(11)23-12/h1-2,4,6,8,13H,3,5,7,9-10,17-18H2,(H,21,22)/t13-/m0/s1. The van der Waals surface area contributed by atoms with Crippen molar-refractivity contribution < 1.29 is 19.1 Å². The van der Waals surface area contributed by atoms with Crippen molar-refractivity contribution in [2.45, 2.75) is 25.4 Å². The van der Waals surface area contributed by atoms with Crippen LogP contribution in [0.4, 0.5) is 0 Å². The molecule has 0 bridgehead atoms. The van der Waals surface area contributed by atoms with Gasteiger partial charge < -0.3 is 25.9 Å². The molecule has 124 valence electrons. The number of hydrogen-bond acceptors (Lipinski definition) is 5. The van der Waals surface area contributed by atoms with Gasteiger partial charge in [0.25, 0.3) is 0 Å². The van der Waals surface area contributed by atoms with Crippen molar-refractivity contribution in [2.24, 2.45) is 11.5 Å². The van der Waals surface area contributed by atoms with Crippen molar-refractivity contribution in [3.63, 3.8) is 0 Å². The van der Waals surface area contributed by atoms with Crippen LogP contribution in [-0.4, -0.2) is 41.0 Å². The van der Waals surface area contributed by atoms with Crippen LogP contribution >= 0.6 is 0 Å². The fourth-order valence-electron chi connectivity index (χ4n) is 2.50. The molecule has 1 atom stereocenters. The summed E-state index contributed by atoms with van der Waals surface area (Å²) in [6.45, 7) is 0.165. The minimum absolute atomic E-state index is 0.0618. The Morgan fingerprint density at radius 3 is 2.61 bits per heavy atom. The smallest absolute Gasteiger partial charge is 0.326 e. The summed E-state index contributed by atoms with van der Waals surface area (Å²) in [5.74, 6) is -0.988. The third kappa shape index (κ3) is 4.08. The zero-order valence-electron chi connectivity index (χ0n) is 12.8. The van der Waals surface area contributed by atoms with E-state index in [1.165, 1.54) is 4.90 Å². The molecule has 1 heterocycles. The van der Waals surface area contributed by atoms with Gasteiger partial charge in [-0.15, -0.1) is 0 Å². The summed E-state index contributed by atoms with van der Waals surface area (Å²) in [5.41, 5.74) is 11.6. The van der Waals surface area contributed by atoms with Crippen LogP contribution in [0.2, 0.25) is 0 Å². The minimum Gasteiger partial charge on any atom is -0.480 e. The topological polar surface area (TPSA) is 123 Å². The van der Waals surface area contributed by atoms with E-state index in [2.05, 4.69) is 0 Å². The Bertz CT molecular complexity index is 650. The number of para-hydroxylation sites is 1. The number of benzene rings is 1. The van der Waals surface area contributed by atoms with E-state index >= 15 is 0 Å². The maximum Gasteiger partial charge on any atom is 0.326 e. The Kier molecular flexibility index (Phi) is 5.72. The Hall–Kier alpha value is -2.38. The van der Waals surface area contributed by atoms with Gasteiger partial charge in [0.15, 0.2) is 0 Å². The van der Waals surface area contributed by atoms with Crippen molar-refractivity contribution in [1.82, 2.24) is 4.90 Å². The lowest BCUT2D eigenvalue weighted by molar-refractivity contribution is -0.150. The first kappa shape index (κ1) is 17.0. The predicted octanol–water partition coefficient (Wildman–Crippen LogP) is 0.912. The van der Waals surface area contributed by atoms with E-state index in [9.17, 15) is 14.7 Å². The molecule has 0 saturated carbocycles. The number of carbonyl (C=O) groups excluding carboxylic acids is 1.